The third-order valence-electron chi connectivity index (χ3n) is 13.0. The van der Waals surface area contributed by atoms with Gasteiger partial charge in [-0.15, -0.1) is 0 Å². The van der Waals surface area contributed by atoms with Crippen LogP contribution in [-0.4, -0.2) is 191 Å². The molecule has 0 aromatic rings. The summed E-state index contributed by atoms with van der Waals surface area (Å²) < 4.78 is 22.5. The topological polar surface area (TPSA) is 331 Å². The summed E-state index contributed by atoms with van der Waals surface area (Å²) in [6.07, 6.45) is 20.1. The van der Waals surface area contributed by atoms with E-state index in [-0.39, 0.29) is 51.9 Å². The van der Waals surface area contributed by atoms with Gasteiger partial charge in [-0.3, -0.25) is 62.6 Å². The molecule has 1 amide bonds. The van der Waals surface area contributed by atoms with E-state index in [2.05, 4.69) is 26.1 Å². The molecule has 0 bridgehead atoms. The molecule has 0 aromatic carbocycles. The van der Waals surface area contributed by atoms with Crippen LogP contribution in [0.2, 0.25) is 0 Å². The molecule has 78 heavy (non-hydrogen) atoms. The molecule has 1 atom stereocenters. The standard InChI is InChI=1S/C55H96N4O19/c1-4-7-10-13-17-23-28-51(71)76-41-55(42-77-52(72)29-24-18-14-11-8-5-2,43-78-53(73)30-25-19-15-12-9-6-3)54(74)56-31-26-21-16-20-22-27-50(70)75-40-44(59(38-48(66)67)39-49(68)69)34-57(35-45(60)61)32-33-58(36-46(62)63)37-47(64)65/h44H,4-43H2,1-3H3,(H,56,74)(H,60,61)(H,62,63)(H,64,65)(H,66,67)(H,68,69). The number of carboxylic acids is 5. The lowest BCUT2D eigenvalue weighted by Crippen LogP contribution is -2.52. The first kappa shape index (κ1) is 72.6. The Hall–Kier alpha value is -5.42. The molecule has 0 fully saturated rings. The minimum atomic E-state index is -1.72. The summed E-state index contributed by atoms with van der Waals surface area (Å²) in [6.45, 7) is 0.161. The highest BCUT2D eigenvalue weighted by Gasteiger charge is 2.43. The molecular formula is C55H96N4O19. The van der Waals surface area contributed by atoms with Gasteiger partial charge in [0, 0.05) is 51.9 Å². The average molecular weight is 1120 g/mol. The van der Waals surface area contributed by atoms with Crippen molar-refractivity contribution in [1.29, 1.82) is 0 Å². The van der Waals surface area contributed by atoms with Gasteiger partial charge in [-0.2, -0.15) is 0 Å². The van der Waals surface area contributed by atoms with Crippen LogP contribution in [0, 0.1) is 5.41 Å². The van der Waals surface area contributed by atoms with Crippen molar-refractivity contribution in [1.82, 2.24) is 20.0 Å². The number of hydrogen-bond donors (Lipinski definition) is 6. The molecule has 0 radical (unpaired) electrons. The van der Waals surface area contributed by atoms with Crippen LogP contribution in [0.5, 0.6) is 0 Å². The number of carbonyl (C=O) groups excluding carboxylic acids is 5. The van der Waals surface area contributed by atoms with Crippen LogP contribution in [0.4, 0.5) is 0 Å². The smallest absolute Gasteiger partial charge is 0.317 e. The maximum absolute atomic E-state index is 14.2. The normalized spacial score (nSPS) is 11.8. The Balaban J connectivity index is 5.88. The van der Waals surface area contributed by atoms with Crippen molar-refractivity contribution in [2.24, 2.45) is 5.41 Å². The van der Waals surface area contributed by atoms with E-state index in [1.54, 1.807) is 0 Å². The first-order valence-electron chi connectivity index (χ1n) is 28.5. The molecule has 0 spiro atoms. The summed E-state index contributed by atoms with van der Waals surface area (Å²) in [5.74, 6) is -9.67. The third-order valence-corrected chi connectivity index (χ3v) is 13.0. The molecule has 23 heteroatoms. The molecule has 23 nitrogen and oxygen atoms in total. The molecule has 0 aliphatic carbocycles. The number of hydrogen-bond acceptors (Lipinski definition) is 17. The van der Waals surface area contributed by atoms with E-state index in [1.165, 1.54) is 4.90 Å². The van der Waals surface area contributed by atoms with Gasteiger partial charge < -0.3 is 49.8 Å². The number of unbranched alkanes of at least 4 members (excludes halogenated alkanes) is 19. The largest absolute Gasteiger partial charge is 0.480 e. The van der Waals surface area contributed by atoms with Crippen molar-refractivity contribution in [3.05, 3.63) is 0 Å². The van der Waals surface area contributed by atoms with Gasteiger partial charge in [-0.25, -0.2) is 0 Å². The lowest BCUT2D eigenvalue weighted by Gasteiger charge is -2.33. The summed E-state index contributed by atoms with van der Waals surface area (Å²) in [7, 11) is 0. The average Bonchev–Trinajstić information content (AvgIpc) is 3.37. The van der Waals surface area contributed by atoms with Gasteiger partial charge in [0.2, 0.25) is 5.91 Å². The molecule has 0 aliphatic rings. The second-order valence-corrected chi connectivity index (χ2v) is 20.2. The van der Waals surface area contributed by atoms with E-state index in [0.29, 0.717) is 51.4 Å². The van der Waals surface area contributed by atoms with Crippen LogP contribution in [0.1, 0.15) is 194 Å². The van der Waals surface area contributed by atoms with Crippen LogP contribution in [0.3, 0.4) is 0 Å². The highest BCUT2D eigenvalue weighted by molar-refractivity contribution is 5.84. The lowest BCUT2D eigenvalue weighted by molar-refractivity contribution is -0.168. The van der Waals surface area contributed by atoms with Crippen LogP contribution in [-0.2, 0) is 66.9 Å². The Morgan fingerprint density at radius 3 is 1.06 bits per heavy atom. The van der Waals surface area contributed by atoms with E-state index in [1.807, 2.05) is 0 Å². The van der Waals surface area contributed by atoms with Gasteiger partial charge >= 0.3 is 53.7 Å². The Kier molecular flexibility index (Phi) is 43.3. The molecule has 1 unspecified atom stereocenters. The molecule has 0 rings (SSSR count). The number of amides is 1. The van der Waals surface area contributed by atoms with Crippen molar-refractivity contribution in [2.75, 3.05) is 85.3 Å². The zero-order valence-electron chi connectivity index (χ0n) is 47.2. The van der Waals surface area contributed by atoms with Gasteiger partial charge in [0.1, 0.15) is 26.4 Å². The highest BCUT2D eigenvalue weighted by atomic mass is 16.6. The third kappa shape index (κ3) is 40.7. The fourth-order valence-corrected chi connectivity index (χ4v) is 8.46. The summed E-state index contributed by atoms with van der Waals surface area (Å²) in [5, 5.41) is 50.0. The summed E-state index contributed by atoms with van der Waals surface area (Å²) in [4.78, 5) is 127. The van der Waals surface area contributed by atoms with Gasteiger partial charge in [0.05, 0.1) is 38.8 Å². The zero-order chi connectivity index (χ0) is 58.4. The number of aliphatic carboxylic acids is 5. The number of carboxylic acid groups (broad SMARTS) is 5. The highest BCUT2D eigenvalue weighted by Crippen LogP contribution is 2.23. The van der Waals surface area contributed by atoms with Crippen molar-refractivity contribution < 1.29 is 92.4 Å². The predicted molar refractivity (Wildman–Crippen MR) is 287 cm³/mol. The van der Waals surface area contributed by atoms with Gasteiger partial charge in [0.15, 0.2) is 5.41 Å². The van der Waals surface area contributed by atoms with Gasteiger partial charge in [0.25, 0.3) is 0 Å². The molecule has 0 saturated heterocycles. The van der Waals surface area contributed by atoms with Crippen LogP contribution in [0.15, 0.2) is 0 Å². The Morgan fingerprint density at radius 2 is 0.705 bits per heavy atom. The Bertz CT molecular complexity index is 1640. The van der Waals surface area contributed by atoms with E-state index in [4.69, 9.17) is 18.9 Å². The van der Waals surface area contributed by atoms with E-state index >= 15 is 0 Å². The first-order valence-corrected chi connectivity index (χ1v) is 28.5. The SMILES string of the molecule is CCCCCCCCC(=O)OCC(COC(=O)CCCCCCCC)(COC(=O)CCCCCCCC)C(=O)NCCCCCCCC(=O)OCC(CN(CCN(CC(=O)O)CC(=O)O)CC(=O)O)N(CC(=O)O)CC(=O)O. The number of esters is 4. The van der Waals surface area contributed by atoms with E-state index < -0.39 is 130 Å². The molecular weight excluding hydrogens is 1020 g/mol. The quantitative estimate of drug-likeness (QED) is 0.0213. The van der Waals surface area contributed by atoms with Crippen LogP contribution >= 0.6 is 0 Å². The number of ether oxygens (including phenoxy) is 4. The zero-order valence-corrected chi connectivity index (χ0v) is 47.2. The number of carbonyl (C=O) groups is 10. The fraction of sp³-hybridized carbons (Fsp3) is 0.818. The second-order valence-electron chi connectivity index (χ2n) is 20.2. The van der Waals surface area contributed by atoms with Crippen molar-refractivity contribution >= 4 is 59.6 Å². The maximum atomic E-state index is 14.2. The minimum absolute atomic E-state index is 0.0747. The van der Waals surface area contributed by atoms with Crippen molar-refractivity contribution in [2.45, 2.75) is 200 Å². The lowest BCUT2D eigenvalue weighted by atomic mass is 9.89. The maximum Gasteiger partial charge on any atom is 0.317 e. The molecule has 0 aromatic heterocycles. The van der Waals surface area contributed by atoms with Gasteiger partial charge in [-0.05, 0) is 32.1 Å². The van der Waals surface area contributed by atoms with Crippen LogP contribution < -0.4 is 5.32 Å². The van der Waals surface area contributed by atoms with E-state index in [0.717, 1.165) is 106 Å². The number of nitrogens with one attached hydrogen (secondary N) is 1. The van der Waals surface area contributed by atoms with Crippen LogP contribution in [0.25, 0.3) is 0 Å². The summed E-state index contributed by atoms with van der Waals surface area (Å²) in [6, 6.07) is -1.16. The predicted octanol–water partition coefficient (Wildman–Crippen LogP) is 6.55. The van der Waals surface area contributed by atoms with Gasteiger partial charge in [-0.1, -0.05) is 136 Å². The minimum Gasteiger partial charge on any atom is -0.480 e. The summed E-state index contributed by atoms with van der Waals surface area (Å²) >= 11 is 0. The van der Waals surface area contributed by atoms with Crippen molar-refractivity contribution in [3.63, 3.8) is 0 Å². The number of rotatable bonds is 54. The Morgan fingerprint density at radius 1 is 0.397 bits per heavy atom. The first-order chi connectivity index (χ1) is 37.3. The Labute approximate surface area is 461 Å². The monoisotopic (exact) mass is 1120 g/mol. The summed E-state index contributed by atoms with van der Waals surface area (Å²) in [5.41, 5.74) is -1.72. The molecule has 0 saturated carbocycles. The molecule has 0 heterocycles. The number of nitrogens with zero attached hydrogens (tertiary/aromatic N) is 3. The van der Waals surface area contributed by atoms with Crippen molar-refractivity contribution in [3.8, 4) is 0 Å². The molecule has 0 aliphatic heterocycles. The fourth-order valence-electron chi connectivity index (χ4n) is 8.46. The molecule has 6 N–H and O–H groups in total. The van der Waals surface area contributed by atoms with E-state index in [9.17, 15) is 73.5 Å². The molecule has 450 valence electrons. The second kappa shape index (κ2) is 46.5.